The number of esters is 1. The molecule has 2 rings (SSSR count). The minimum atomic E-state index is -3.78. The molecule has 0 spiro atoms. The number of ether oxygens (including phenoxy) is 1. The van der Waals surface area contributed by atoms with Crippen LogP contribution in [0.3, 0.4) is 0 Å². The molecule has 7 nitrogen and oxygen atoms in total. The van der Waals surface area contributed by atoms with Crippen LogP contribution in [-0.4, -0.2) is 32.8 Å². The Morgan fingerprint density at radius 3 is 2.43 bits per heavy atom. The van der Waals surface area contributed by atoms with Crippen LogP contribution in [0.4, 0.5) is 0 Å². The number of hydrogen-bond donors (Lipinski definition) is 0. The number of sulfone groups is 1. The average molecular weight is 399 g/mol. The van der Waals surface area contributed by atoms with Crippen molar-refractivity contribution < 1.29 is 17.9 Å². The van der Waals surface area contributed by atoms with Crippen molar-refractivity contribution in [3.8, 4) is 0 Å². The summed E-state index contributed by atoms with van der Waals surface area (Å²) in [5.74, 6) is -1.59. The van der Waals surface area contributed by atoms with E-state index in [2.05, 4.69) is 10.0 Å². The fourth-order valence-corrected chi connectivity index (χ4v) is 3.58. The van der Waals surface area contributed by atoms with Crippen LogP contribution in [0, 0.1) is 6.92 Å². The lowest BCUT2D eigenvalue weighted by Crippen LogP contribution is -2.19. The molecule has 0 saturated heterocycles. The second-order valence-electron chi connectivity index (χ2n) is 6.24. The monoisotopic (exact) mass is 399 g/mol. The van der Waals surface area contributed by atoms with Gasteiger partial charge >= 0.3 is 5.97 Å². The van der Waals surface area contributed by atoms with E-state index in [-0.39, 0.29) is 11.5 Å². The summed E-state index contributed by atoms with van der Waals surface area (Å²) in [7, 11) is -3.78. The molecule has 28 heavy (non-hydrogen) atoms. The van der Waals surface area contributed by atoms with Crippen molar-refractivity contribution >= 4 is 21.4 Å². The Hall–Kier alpha value is -3.09. The van der Waals surface area contributed by atoms with E-state index in [4.69, 9.17) is 10.3 Å². The molecule has 0 aliphatic carbocycles. The first-order valence-corrected chi connectivity index (χ1v) is 10.2. The first-order chi connectivity index (χ1) is 13.3. The molecule has 2 aromatic carbocycles. The zero-order valence-corrected chi connectivity index (χ0v) is 16.5. The lowest BCUT2D eigenvalue weighted by atomic mass is 10.0. The molecular formula is C20H21N3O4S. The minimum absolute atomic E-state index is 0.0749. The van der Waals surface area contributed by atoms with Gasteiger partial charge in [-0.2, -0.15) is 0 Å². The predicted octanol–water partition coefficient (Wildman–Crippen LogP) is 4.09. The summed E-state index contributed by atoms with van der Waals surface area (Å²) in [4.78, 5) is 15.0. The highest BCUT2D eigenvalue weighted by Gasteiger charge is 2.20. The Kier molecular flexibility index (Phi) is 7.37. The van der Waals surface area contributed by atoms with E-state index in [0.717, 1.165) is 11.1 Å². The lowest BCUT2D eigenvalue weighted by Gasteiger charge is -2.11. The van der Waals surface area contributed by atoms with Gasteiger partial charge in [0.25, 0.3) is 0 Å². The highest BCUT2D eigenvalue weighted by molar-refractivity contribution is 7.92. The molecular weight excluding hydrogens is 378 g/mol. The van der Waals surface area contributed by atoms with Crippen molar-refractivity contribution in [1.82, 2.24) is 0 Å². The van der Waals surface area contributed by atoms with Crippen LogP contribution < -0.4 is 0 Å². The van der Waals surface area contributed by atoms with E-state index >= 15 is 0 Å². The van der Waals surface area contributed by atoms with Gasteiger partial charge in [-0.3, -0.25) is 4.79 Å². The second-order valence-corrected chi connectivity index (χ2v) is 8.23. The molecule has 0 amide bonds. The Labute approximate surface area is 164 Å². The minimum Gasteiger partial charge on any atom is -0.460 e. The molecule has 0 bridgehead atoms. The lowest BCUT2D eigenvalue weighted by molar-refractivity contribution is -0.139. The number of hydrogen-bond acceptors (Lipinski definition) is 5. The number of nitrogens with zero attached hydrogens (tertiary/aromatic N) is 3. The maximum atomic E-state index is 12.4. The van der Waals surface area contributed by atoms with Crippen molar-refractivity contribution in [3.63, 3.8) is 0 Å². The molecule has 0 aliphatic rings. The summed E-state index contributed by atoms with van der Waals surface area (Å²) in [6, 6.07) is 15.0. The van der Waals surface area contributed by atoms with Crippen LogP contribution >= 0.6 is 0 Å². The average Bonchev–Trinajstić information content (AvgIpc) is 2.66. The molecule has 0 fully saturated rings. The van der Waals surface area contributed by atoms with Crippen molar-refractivity contribution in [2.45, 2.75) is 24.8 Å². The number of rotatable bonds is 8. The van der Waals surface area contributed by atoms with Crippen LogP contribution in [0.15, 0.2) is 70.7 Å². The molecule has 2 aromatic rings. The quantitative estimate of drug-likeness (QED) is 0.288. The van der Waals surface area contributed by atoms with Crippen molar-refractivity contribution in [2.24, 2.45) is 5.11 Å². The molecule has 8 heteroatoms. The van der Waals surface area contributed by atoms with Crippen molar-refractivity contribution in [1.29, 1.82) is 0 Å². The third-order valence-electron chi connectivity index (χ3n) is 3.90. The molecule has 0 aliphatic heterocycles. The van der Waals surface area contributed by atoms with E-state index in [0.29, 0.717) is 5.57 Å². The van der Waals surface area contributed by atoms with Gasteiger partial charge in [0, 0.05) is 4.91 Å². The van der Waals surface area contributed by atoms with Crippen LogP contribution in [0.2, 0.25) is 0 Å². The summed E-state index contributed by atoms with van der Waals surface area (Å²) in [6.45, 7) is 3.42. The summed E-state index contributed by atoms with van der Waals surface area (Å²) in [5.41, 5.74) is 10.9. The normalized spacial score (nSPS) is 12.7. The molecule has 0 heterocycles. The van der Waals surface area contributed by atoms with Gasteiger partial charge in [0.2, 0.25) is 0 Å². The summed E-state index contributed by atoms with van der Waals surface area (Å²) in [5, 5.41) is 3.59. The van der Waals surface area contributed by atoms with Gasteiger partial charge in [-0.1, -0.05) is 66.1 Å². The van der Waals surface area contributed by atoms with E-state index in [1.54, 1.807) is 25.1 Å². The molecule has 0 N–H and O–H groups in total. The number of carbonyl (C=O) groups excluding carboxylic acids is 1. The standard InChI is InChI=1S/C20H21N3O4S/c1-15-8-10-19(11-9-15)28(25,26)14-20(24)27-13-18(12-16(2)22-23-21)17-6-4-3-5-7-17/h3-12,16H,13-14H2,1-2H3/b18-12-. The third kappa shape index (κ3) is 6.26. The SMILES string of the molecule is Cc1ccc(S(=O)(=O)CC(=O)OC/C(=C/C(C)N=[N+]=[N-])c2ccccc2)cc1. The van der Waals surface area contributed by atoms with Gasteiger partial charge in [-0.15, -0.1) is 0 Å². The van der Waals surface area contributed by atoms with Gasteiger partial charge in [-0.05, 0) is 35.7 Å². The fourth-order valence-electron chi connectivity index (χ4n) is 2.47. The Bertz CT molecular complexity index is 994. The summed E-state index contributed by atoms with van der Waals surface area (Å²) >= 11 is 0. The van der Waals surface area contributed by atoms with E-state index in [1.165, 1.54) is 12.1 Å². The topological polar surface area (TPSA) is 109 Å². The number of azide groups is 1. The summed E-state index contributed by atoms with van der Waals surface area (Å²) in [6.07, 6.45) is 1.68. The Morgan fingerprint density at radius 2 is 1.82 bits per heavy atom. The van der Waals surface area contributed by atoms with Crippen LogP contribution in [0.5, 0.6) is 0 Å². The predicted molar refractivity (Wildman–Crippen MR) is 107 cm³/mol. The molecule has 0 aromatic heterocycles. The highest BCUT2D eigenvalue weighted by atomic mass is 32.2. The van der Waals surface area contributed by atoms with Crippen LogP contribution in [0.25, 0.3) is 16.0 Å². The number of aryl methyl sites for hydroxylation is 1. The molecule has 146 valence electrons. The first-order valence-electron chi connectivity index (χ1n) is 8.57. The van der Waals surface area contributed by atoms with Crippen molar-refractivity contribution in [2.75, 3.05) is 12.4 Å². The largest absolute Gasteiger partial charge is 0.460 e. The maximum Gasteiger partial charge on any atom is 0.321 e. The highest BCUT2D eigenvalue weighted by Crippen LogP contribution is 2.17. The Morgan fingerprint density at radius 1 is 1.18 bits per heavy atom. The number of benzene rings is 2. The smallest absolute Gasteiger partial charge is 0.321 e. The van der Waals surface area contributed by atoms with Crippen LogP contribution in [-0.2, 0) is 19.4 Å². The maximum absolute atomic E-state index is 12.4. The fraction of sp³-hybridized carbons (Fsp3) is 0.250. The van der Waals surface area contributed by atoms with Crippen LogP contribution in [0.1, 0.15) is 18.1 Å². The summed E-state index contributed by atoms with van der Waals surface area (Å²) < 4.78 is 29.9. The van der Waals surface area contributed by atoms with Gasteiger partial charge < -0.3 is 4.74 Å². The zero-order chi connectivity index (χ0) is 20.6. The van der Waals surface area contributed by atoms with Gasteiger partial charge in [0.05, 0.1) is 10.9 Å². The molecule has 0 radical (unpaired) electrons. The molecule has 1 atom stereocenters. The Balaban J connectivity index is 2.10. The molecule has 0 saturated carbocycles. The number of carbonyl (C=O) groups is 1. The van der Waals surface area contributed by atoms with E-state index in [9.17, 15) is 13.2 Å². The molecule has 1 unspecified atom stereocenters. The van der Waals surface area contributed by atoms with E-state index < -0.39 is 27.6 Å². The zero-order valence-electron chi connectivity index (χ0n) is 15.6. The second kappa shape index (κ2) is 9.73. The van der Waals surface area contributed by atoms with Crippen molar-refractivity contribution in [3.05, 3.63) is 82.2 Å². The first kappa shape index (κ1) is 21.2. The third-order valence-corrected chi connectivity index (χ3v) is 5.50. The van der Waals surface area contributed by atoms with Gasteiger partial charge in [-0.25, -0.2) is 8.42 Å². The van der Waals surface area contributed by atoms with Gasteiger partial charge in [0.1, 0.15) is 6.61 Å². The van der Waals surface area contributed by atoms with E-state index in [1.807, 2.05) is 37.3 Å². The van der Waals surface area contributed by atoms with Gasteiger partial charge in [0.15, 0.2) is 15.6 Å².